The summed E-state index contributed by atoms with van der Waals surface area (Å²) in [4.78, 5) is 29.5. The minimum Gasteiger partial charge on any atom is -0.497 e. The van der Waals surface area contributed by atoms with Crippen LogP contribution in [0.15, 0.2) is 63.8 Å². The van der Waals surface area contributed by atoms with Crippen molar-refractivity contribution in [2.45, 2.75) is 46.2 Å². The van der Waals surface area contributed by atoms with Gasteiger partial charge in [-0.15, -0.1) is 0 Å². The molecule has 208 valence electrons. The van der Waals surface area contributed by atoms with E-state index in [0.717, 1.165) is 29.5 Å². The lowest BCUT2D eigenvalue weighted by molar-refractivity contribution is 0.0714. The second kappa shape index (κ2) is 11.6. The minimum absolute atomic E-state index is 0.0407. The summed E-state index contributed by atoms with van der Waals surface area (Å²) in [6.07, 6.45) is 1.93. The van der Waals surface area contributed by atoms with Crippen molar-refractivity contribution in [3.63, 3.8) is 0 Å². The normalized spacial score (nSPS) is 14.5. The number of fused-ring (bicyclic) bond motifs is 2. The van der Waals surface area contributed by atoms with Gasteiger partial charge in [0.05, 0.1) is 37.3 Å². The predicted molar refractivity (Wildman–Crippen MR) is 155 cm³/mol. The molecule has 5 rings (SSSR count). The Morgan fingerprint density at radius 2 is 1.75 bits per heavy atom. The topological polar surface area (TPSA) is 78.2 Å². The van der Waals surface area contributed by atoms with Gasteiger partial charge in [-0.05, 0) is 73.4 Å². The van der Waals surface area contributed by atoms with E-state index in [1.165, 1.54) is 0 Å². The summed E-state index contributed by atoms with van der Waals surface area (Å²) in [5, 5.41) is 0.797. The van der Waals surface area contributed by atoms with E-state index in [2.05, 4.69) is 6.92 Å². The van der Waals surface area contributed by atoms with E-state index in [1.54, 1.807) is 24.1 Å². The number of hydrogen-bond acceptors (Lipinski definition) is 6. The van der Waals surface area contributed by atoms with Gasteiger partial charge < -0.3 is 23.5 Å². The summed E-state index contributed by atoms with van der Waals surface area (Å²) in [7, 11) is 1.60. The number of nitrogens with zero attached hydrogens (tertiary/aromatic N) is 1. The lowest BCUT2D eigenvalue weighted by Gasteiger charge is -2.26. The Morgan fingerprint density at radius 3 is 2.45 bits per heavy atom. The second-order valence-corrected chi connectivity index (χ2v) is 10.2. The van der Waals surface area contributed by atoms with Gasteiger partial charge in [0.25, 0.3) is 5.91 Å². The molecule has 1 amide bonds. The zero-order chi connectivity index (χ0) is 28.4. The Bertz CT molecular complexity index is 1610. The fourth-order valence-electron chi connectivity index (χ4n) is 4.99. The highest BCUT2D eigenvalue weighted by Gasteiger charge is 2.43. The molecule has 2 heterocycles. The smallest absolute Gasteiger partial charge is 0.291 e. The molecule has 8 heteroatoms. The number of benzene rings is 3. The minimum atomic E-state index is -0.700. The Morgan fingerprint density at radius 1 is 0.975 bits per heavy atom. The van der Waals surface area contributed by atoms with Crippen LogP contribution in [0.2, 0.25) is 5.02 Å². The Labute approximate surface area is 238 Å². The molecule has 7 nitrogen and oxygen atoms in total. The fraction of sp³-hybridized carbons (Fsp3) is 0.312. The number of halogens is 1. The molecule has 0 bridgehead atoms. The first kappa shape index (κ1) is 27.6. The molecule has 0 fully saturated rings. The molecule has 0 radical (unpaired) electrons. The number of unbranched alkanes of at least 4 members (excludes halogenated alkanes) is 1. The maximum atomic E-state index is 14.0. The molecule has 0 spiro atoms. The Balaban J connectivity index is 1.66. The van der Waals surface area contributed by atoms with Crippen LogP contribution in [-0.4, -0.2) is 31.1 Å². The van der Waals surface area contributed by atoms with Gasteiger partial charge in [-0.25, -0.2) is 0 Å². The van der Waals surface area contributed by atoms with Gasteiger partial charge in [-0.3, -0.25) is 9.59 Å². The third-order valence-corrected chi connectivity index (χ3v) is 7.50. The molecule has 0 N–H and O–H groups in total. The molecule has 1 aliphatic rings. The maximum absolute atomic E-state index is 14.0. The lowest BCUT2D eigenvalue weighted by atomic mass is 9.97. The van der Waals surface area contributed by atoms with E-state index in [-0.39, 0.29) is 29.2 Å². The van der Waals surface area contributed by atoms with E-state index >= 15 is 0 Å². The highest BCUT2D eigenvalue weighted by molar-refractivity contribution is 6.32. The van der Waals surface area contributed by atoms with E-state index in [1.807, 2.05) is 56.3 Å². The Kier molecular flexibility index (Phi) is 8.03. The van der Waals surface area contributed by atoms with Crippen molar-refractivity contribution >= 4 is 28.5 Å². The zero-order valence-electron chi connectivity index (χ0n) is 23.1. The molecular formula is C32H32ClNO6. The zero-order valence-corrected chi connectivity index (χ0v) is 23.8. The number of carbonyl (C=O) groups excluding carboxylic acids is 1. The van der Waals surface area contributed by atoms with Gasteiger partial charge in [0.2, 0.25) is 5.76 Å². The second-order valence-electron chi connectivity index (χ2n) is 9.80. The summed E-state index contributed by atoms with van der Waals surface area (Å²) in [6.45, 7) is 7.10. The third kappa shape index (κ3) is 5.13. The van der Waals surface area contributed by atoms with Crippen LogP contribution in [0.5, 0.6) is 17.2 Å². The van der Waals surface area contributed by atoms with E-state index in [9.17, 15) is 9.59 Å². The lowest BCUT2D eigenvalue weighted by Crippen LogP contribution is -2.29. The van der Waals surface area contributed by atoms with Crippen molar-refractivity contribution in [3.05, 3.63) is 97.9 Å². The SMILES string of the molecule is CCCCOc1ccc(C2c3c(oc4cc(C)c(Cl)cc4c3=O)C(=O)N2Cc2ccc(OC)cc2)cc1OCC. The van der Waals surface area contributed by atoms with Crippen LogP contribution in [-0.2, 0) is 6.54 Å². The molecule has 0 saturated carbocycles. The molecular weight excluding hydrogens is 530 g/mol. The first-order valence-corrected chi connectivity index (χ1v) is 13.8. The Hall–Kier alpha value is -3.97. The van der Waals surface area contributed by atoms with Crippen LogP contribution in [0.25, 0.3) is 11.0 Å². The third-order valence-electron chi connectivity index (χ3n) is 7.10. The molecule has 1 aromatic heterocycles. The monoisotopic (exact) mass is 561 g/mol. The highest BCUT2D eigenvalue weighted by atomic mass is 35.5. The van der Waals surface area contributed by atoms with Gasteiger partial charge in [-0.1, -0.05) is 43.1 Å². The van der Waals surface area contributed by atoms with Crippen molar-refractivity contribution in [2.75, 3.05) is 20.3 Å². The summed E-state index contributed by atoms with van der Waals surface area (Å²) in [5.74, 6) is 1.58. The van der Waals surface area contributed by atoms with E-state index in [0.29, 0.717) is 46.5 Å². The molecule has 1 atom stereocenters. The van der Waals surface area contributed by atoms with Crippen LogP contribution in [0.4, 0.5) is 0 Å². The molecule has 3 aromatic carbocycles. The molecule has 1 aliphatic heterocycles. The molecule has 40 heavy (non-hydrogen) atoms. The first-order valence-electron chi connectivity index (χ1n) is 13.5. The van der Waals surface area contributed by atoms with Crippen LogP contribution in [0, 0.1) is 6.92 Å². The van der Waals surface area contributed by atoms with Gasteiger partial charge in [0.15, 0.2) is 16.9 Å². The number of hydrogen-bond donors (Lipinski definition) is 0. The number of carbonyl (C=O) groups is 1. The van der Waals surface area contributed by atoms with Gasteiger partial charge in [0, 0.05) is 11.6 Å². The van der Waals surface area contributed by atoms with Crippen molar-refractivity contribution in [1.29, 1.82) is 0 Å². The van der Waals surface area contributed by atoms with Gasteiger partial charge in [-0.2, -0.15) is 0 Å². The molecule has 0 saturated heterocycles. The number of aryl methyl sites for hydroxylation is 1. The van der Waals surface area contributed by atoms with Crippen LogP contribution in [0.1, 0.15) is 65.5 Å². The van der Waals surface area contributed by atoms with E-state index < -0.39 is 6.04 Å². The van der Waals surface area contributed by atoms with Gasteiger partial charge >= 0.3 is 0 Å². The number of amides is 1. The highest BCUT2D eigenvalue weighted by Crippen LogP contribution is 2.42. The van der Waals surface area contributed by atoms with Crippen molar-refractivity contribution in [1.82, 2.24) is 4.90 Å². The largest absolute Gasteiger partial charge is 0.497 e. The standard InChI is InChI=1S/C32H32ClNO6/c1-5-7-14-39-25-13-10-21(16-27(25)38-6-2)29-28-30(35)23-17-24(33)19(3)15-26(23)40-31(28)32(36)34(29)18-20-8-11-22(37-4)12-9-20/h8-13,15-17,29H,5-7,14,18H2,1-4H3. The number of rotatable bonds is 10. The summed E-state index contributed by atoms with van der Waals surface area (Å²) < 4.78 is 23.3. The maximum Gasteiger partial charge on any atom is 0.291 e. The van der Waals surface area contributed by atoms with Crippen LogP contribution >= 0.6 is 11.6 Å². The fourth-order valence-corrected chi connectivity index (χ4v) is 5.15. The van der Waals surface area contributed by atoms with Crippen molar-refractivity contribution in [2.24, 2.45) is 0 Å². The summed E-state index contributed by atoms with van der Waals surface area (Å²) in [6, 6.07) is 15.7. The average Bonchev–Trinajstić information content (AvgIpc) is 3.22. The van der Waals surface area contributed by atoms with Crippen LogP contribution in [0.3, 0.4) is 0 Å². The molecule has 1 unspecified atom stereocenters. The predicted octanol–water partition coefficient (Wildman–Crippen LogP) is 7.09. The molecule has 0 aliphatic carbocycles. The van der Waals surface area contributed by atoms with E-state index in [4.69, 9.17) is 30.2 Å². The quantitative estimate of drug-likeness (QED) is 0.192. The van der Waals surface area contributed by atoms with Gasteiger partial charge in [0.1, 0.15) is 11.3 Å². The number of ether oxygens (including phenoxy) is 3. The van der Waals surface area contributed by atoms with Crippen molar-refractivity contribution in [3.8, 4) is 17.2 Å². The molecule has 4 aromatic rings. The van der Waals surface area contributed by atoms with Crippen LogP contribution < -0.4 is 19.6 Å². The summed E-state index contributed by atoms with van der Waals surface area (Å²) >= 11 is 6.38. The summed E-state index contributed by atoms with van der Waals surface area (Å²) in [5.41, 5.74) is 2.69. The van der Waals surface area contributed by atoms with Crippen molar-refractivity contribution < 1.29 is 23.4 Å². The average molecular weight is 562 g/mol. The number of methoxy groups -OCH3 is 1. The first-order chi connectivity index (χ1) is 19.4.